The highest BCUT2D eigenvalue weighted by atomic mass is 35.5. The number of halogens is 1. The van der Waals surface area contributed by atoms with E-state index in [2.05, 4.69) is 5.32 Å². The number of carboxylic acids is 1. The number of anilines is 1. The number of hydrogen-bond acceptors (Lipinski definition) is 4. The molecule has 1 atom stereocenters. The van der Waals surface area contributed by atoms with Crippen molar-refractivity contribution in [2.24, 2.45) is 5.92 Å². The van der Waals surface area contributed by atoms with Crippen molar-refractivity contribution in [2.75, 3.05) is 24.7 Å². The van der Waals surface area contributed by atoms with Crippen LogP contribution in [0.4, 0.5) is 10.5 Å². The number of aliphatic carboxylic acids is 1. The third kappa shape index (κ3) is 3.69. The van der Waals surface area contributed by atoms with Gasteiger partial charge in [-0.1, -0.05) is 11.6 Å². The number of nitrogens with one attached hydrogen (secondary N) is 1. The fourth-order valence-corrected chi connectivity index (χ4v) is 3.52. The maximum absolute atomic E-state index is 12.1. The summed E-state index contributed by atoms with van der Waals surface area (Å²) in [7, 11) is -3.51. The van der Waals surface area contributed by atoms with Gasteiger partial charge in [0.25, 0.3) is 0 Å². The molecule has 1 aliphatic rings. The van der Waals surface area contributed by atoms with Crippen molar-refractivity contribution in [2.45, 2.75) is 11.3 Å². The second-order valence-electron chi connectivity index (χ2n) is 5.12. The van der Waals surface area contributed by atoms with Crippen LogP contribution in [-0.2, 0) is 14.6 Å². The van der Waals surface area contributed by atoms with Crippen LogP contribution in [-0.4, -0.2) is 49.8 Å². The summed E-state index contributed by atoms with van der Waals surface area (Å²) < 4.78 is 23.2. The first kappa shape index (κ1) is 16.6. The molecule has 1 fully saturated rings. The predicted molar refractivity (Wildman–Crippen MR) is 80.9 cm³/mol. The summed E-state index contributed by atoms with van der Waals surface area (Å²) in [5, 5.41) is 11.5. The van der Waals surface area contributed by atoms with Gasteiger partial charge >= 0.3 is 12.0 Å². The number of rotatable bonds is 3. The number of likely N-dealkylation sites (tertiary alicyclic amines) is 1. The van der Waals surface area contributed by atoms with Gasteiger partial charge in [-0.2, -0.15) is 0 Å². The lowest BCUT2D eigenvalue weighted by Gasteiger charge is -2.17. The third-order valence-corrected chi connectivity index (χ3v) is 4.99. The van der Waals surface area contributed by atoms with E-state index in [1.54, 1.807) is 0 Å². The van der Waals surface area contributed by atoms with Gasteiger partial charge in [-0.3, -0.25) is 4.79 Å². The zero-order chi connectivity index (χ0) is 16.5. The minimum atomic E-state index is -3.51. The number of carboxylic acid groups (broad SMARTS) is 1. The SMILES string of the molecule is CS(=O)(=O)c1cc(NC(=O)N2CC[C@H](C(=O)O)C2)ccc1Cl. The Morgan fingerprint density at radius 1 is 1.41 bits per heavy atom. The van der Waals surface area contributed by atoms with Gasteiger partial charge in [0.05, 0.1) is 15.8 Å². The van der Waals surface area contributed by atoms with Crippen LogP contribution in [0.5, 0.6) is 0 Å². The van der Waals surface area contributed by atoms with E-state index in [9.17, 15) is 18.0 Å². The standard InChI is InChI=1S/C13H15ClN2O5S/c1-22(20,21)11-6-9(2-3-10(11)14)15-13(19)16-5-4-8(7-16)12(17)18/h2-3,6,8H,4-5,7H2,1H3,(H,15,19)(H,17,18)/t8-/m0/s1. The number of hydrogen-bond donors (Lipinski definition) is 2. The van der Waals surface area contributed by atoms with Crippen molar-refractivity contribution >= 4 is 39.1 Å². The molecule has 9 heteroatoms. The van der Waals surface area contributed by atoms with Crippen LogP contribution in [0.15, 0.2) is 23.1 Å². The zero-order valence-electron chi connectivity index (χ0n) is 11.7. The Bertz CT molecular complexity index is 719. The van der Waals surface area contributed by atoms with Crippen molar-refractivity contribution in [1.82, 2.24) is 4.90 Å². The van der Waals surface area contributed by atoms with Crippen molar-refractivity contribution in [3.8, 4) is 0 Å². The van der Waals surface area contributed by atoms with Gasteiger partial charge in [0, 0.05) is 25.0 Å². The first-order valence-corrected chi connectivity index (χ1v) is 8.74. The lowest BCUT2D eigenvalue weighted by atomic mass is 10.1. The van der Waals surface area contributed by atoms with E-state index >= 15 is 0 Å². The van der Waals surface area contributed by atoms with E-state index in [4.69, 9.17) is 16.7 Å². The highest BCUT2D eigenvalue weighted by molar-refractivity contribution is 7.90. The highest BCUT2D eigenvalue weighted by Crippen LogP contribution is 2.25. The van der Waals surface area contributed by atoms with Crippen LogP contribution in [0.3, 0.4) is 0 Å². The number of urea groups is 1. The van der Waals surface area contributed by atoms with Crippen LogP contribution in [0, 0.1) is 5.92 Å². The second kappa shape index (κ2) is 6.13. The molecule has 0 saturated carbocycles. The van der Waals surface area contributed by atoms with Crippen molar-refractivity contribution in [1.29, 1.82) is 0 Å². The van der Waals surface area contributed by atoms with Gasteiger partial charge in [-0.15, -0.1) is 0 Å². The number of amides is 2. The average molecular weight is 347 g/mol. The fraction of sp³-hybridized carbons (Fsp3) is 0.385. The number of benzene rings is 1. The van der Waals surface area contributed by atoms with E-state index in [1.807, 2.05) is 0 Å². The highest BCUT2D eigenvalue weighted by Gasteiger charge is 2.30. The number of nitrogens with zero attached hydrogens (tertiary/aromatic N) is 1. The molecule has 0 aliphatic carbocycles. The van der Waals surface area contributed by atoms with Crippen molar-refractivity contribution in [3.05, 3.63) is 23.2 Å². The minimum absolute atomic E-state index is 0.0724. The van der Waals surface area contributed by atoms with Gasteiger partial charge in [0.2, 0.25) is 0 Å². The van der Waals surface area contributed by atoms with Gasteiger partial charge in [-0.05, 0) is 24.6 Å². The van der Waals surface area contributed by atoms with Crippen LogP contribution < -0.4 is 5.32 Å². The molecule has 1 saturated heterocycles. The van der Waals surface area contributed by atoms with Crippen LogP contribution in [0.2, 0.25) is 5.02 Å². The predicted octanol–water partition coefficient (Wildman–Crippen LogP) is 1.68. The summed E-state index contributed by atoms with van der Waals surface area (Å²) in [6, 6.07) is 3.68. The van der Waals surface area contributed by atoms with E-state index < -0.39 is 27.8 Å². The van der Waals surface area contributed by atoms with Gasteiger partial charge in [0.1, 0.15) is 0 Å². The van der Waals surface area contributed by atoms with Crippen LogP contribution in [0.1, 0.15) is 6.42 Å². The van der Waals surface area contributed by atoms with Crippen LogP contribution >= 0.6 is 11.6 Å². The molecular weight excluding hydrogens is 332 g/mol. The Morgan fingerprint density at radius 2 is 2.09 bits per heavy atom. The Labute approximate surface area is 132 Å². The molecule has 0 aromatic heterocycles. The van der Waals surface area contributed by atoms with Gasteiger partial charge in [0.15, 0.2) is 9.84 Å². The minimum Gasteiger partial charge on any atom is -0.481 e. The first-order chi connectivity index (χ1) is 10.2. The molecule has 1 aromatic rings. The van der Waals surface area contributed by atoms with E-state index in [1.165, 1.54) is 23.1 Å². The molecular formula is C13H15ClN2O5S. The molecule has 1 aliphatic heterocycles. The molecule has 2 amide bonds. The Morgan fingerprint density at radius 3 is 2.64 bits per heavy atom. The summed E-state index contributed by atoms with van der Waals surface area (Å²) in [5.74, 6) is -1.50. The largest absolute Gasteiger partial charge is 0.481 e. The molecule has 0 radical (unpaired) electrons. The summed E-state index contributed by atoms with van der Waals surface area (Å²) in [6.07, 6.45) is 1.43. The number of sulfone groups is 1. The average Bonchev–Trinajstić information content (AvgIpc) is 2.89. The Kier molecular flexibility index (Phi) is 4.62. The molecule has 1 aromatic carbocycles. The summed E-state index contributed by atoms with van der Waals surface area (Å²) in [6.45, 7) is 0.475. The smallest absolute Gasteiger partial charge is 0.321 e. The molecule has 0 bridgehead atoms. The molecule has 2 rings (SSSR count). The Balaban J connectivity index is 2.12. The van der Waals surface area contributed by atoms with E-state index in [0.717, 1.165) is 6.26 Å². The molecule has 2 N–H and O–H groups in total. The topological polar surface area (TPSA) is 104 Å². The molecule has 7 nitrogen and oxygen atoms in total. The van der Waals surface area contributed by atoms with Crippen LogP contribution in [0.25, 0.3) is 0 Å². The zero-order valence-corrected chi connectivity index (χ0v) is 13.3. The summed E-state index contributed by atoms with van der Waals surface area (Å²) in [4.78, 5) is 24.3. The molecule has 120 valence electrons. The monoisotopic (exact) mass is 346 g/mol. The lowest BCUT2D eigenvalue weighted by molar-refractivity contribution is -0.141. The molecule has 22 heavy (non-hydrogen) atoms. The van der Waals surface area contributed by atoms with Gasteiger partial charge < -0.3 is 15.3 Å². The second-order valence-corrected chi connectivity index (χ2v) is 7.51. The molecule has 0 unspecified atom stereocenters. The molecule has 0 spiro atoms. The quantitative estimate of drug-likeness (QED) is 0.866. The normalized spacial score (nSPS) is 18.3. The van der Waals surface area contributed by atoms with Gasteiger partial charge in [-0.25, -0.2) is 13.2 Å². The van der Waals surface area contributed by atoms with Crippen molar-refractivity contribution in [3.63, 3.8) is 0 Å². The third-order valence-electron chi connectivity index (χ3n) is 3.41. The maximum Gasteiger partial charge on any atom is 0.321 e. The van der Waals surface area contributed by atoms with Crippen molar-refractivity contribution < 1.29 is 23.1 Å². The summed E-state index contributed by atoms with van der Waals surface area (Å²) in [5.41, 5.74) is 0.286. The maximum atomic E-state index is 12.1. The Hall–Kier alpha value is -1.80. The summed E-state index contributed by atoms with van der Waals surface area (Å²) >= 11 is 5.83. The van der Waals surface area contributed by atoms with E-state index in [0.29, 0.717) is 13.0 Å². The number of carbonyl (C=O) groups is 2. The molecule has 1 heterocycles. The van der Waals surface area contributed by atoms with E-state index in [-0.39, 0.29) is 22.2 Å². The lowest BCUT2D eigenvalue weighted by Crippen LogP contribution is -2.33. The fourth-order valence-electron chi connectivity index (χ4n) is 2.21. The first-order valence-electron chi connectivity index (χ1n) is 6.47. The number of carbonyl (C=O) groups excluding carboxylic acids is 1.